The highest BCUT2D eigenvalue weighted by atomic mass is 79.9. The van der Waals surface area contributed by atoms with Crippen molar-refractivity contribution >= 4 is 38.8 Å². The minimum Gasteiger partial charge on any atom is -0.316 e. The first kappa shape index (κ1) is 16.5. The van der Waals surface area contributed by atoms with Crippen molar-refractivity contribution in [3.63, 3.8) is 0 Å². The number of benzene rings is 2. The topological polar surface area (TPSA) is 37.4 Å². The van der Waals surface area contributed by atoms with Crippen molar-refractivity contribution < 1.29 is 9.59 Å². The average molecular weight is 418 g/mol. The quantitative estimate of drug-likeness (QED) is 0.688. The molecule has 2 aromatic carbocycles. The van der Waals surface area contributed by atoms with Gasteiger partial charge in [0.1, 0.15) is 5.54 Å². The number of fused-ring (bicyclic) bond motifs is 2. The number of ketones is 1. The Kier molecular flexibility index (Phi) is 3.43. The van der Waals surface area contributed by atoms with Crippen LogP contribution in [0.5, 0.6) is 0 Å². The largest absolute Gasteiger partial charge is 0.316 e. The van der Waals surface area contributed by atoms with E-state index in [0.29, 0.717) is 11.0 Å². The molecule has 1 aliphatic carbocycles. The molecule has 4 heteroatoms. The van der Waals surface area contributed by atoms with Crippen molar-refractivity contribution in [1.29, 1.82) is 0 Å². The lowest BCUT2D eigenvalue weighted by Crippen LogP contribution is -2.50. The van der Waals surface area contributed by atoms with Gasteiger partial charge in [-0.25, -0.2) is 0 Å². The van der Waals surface area contributed by atoms with Gasteiger partial charge in [-0.15, -0.1) is 0 Å². The van der Waals surface area contributed by atoms with E-state index in [2.05, 4.69) is 15.9 Å². The Balaban J connectivity index is 1.83. The zero-order valence-corrected chi connectivity index (χ0v) is 16.3. The summed E-state index contributed by atoms with van der Waals surface area (Å²) in [4.78, 5) is 27.3. The molecule has 2 heterocycles. The van der Waals surface area contributed by atoms with E-state index in [0.717, 1.165) is 33.4 Å². The summed E-state index contributed by atoms with van der Waals surface area (Å²) in [7, 11) is 0. The average Bonchev–Trinajstić information content (AvgIpc) is 2.89. The maximum atomic E-state index is 13.2. The van der Waals surface area contributed by atoms with Gasteiger partial charge >= 0.3 is 0 Å². The second-order valence-corrected chi connectivity index (χ2v) is 7.96. The van der Waals surface area contributed by atoms with Crippen LogP contribution in [-0.4, -0.2) is 22.1 Å². The molecule has 27 heavy (non-hydrogen) atoms. The maximum Gasteiger partial charge on any atom is 0.262 e. The van der Waals surface area contributed by atoms with Gasteiger partial charge in [0, 0.05) is 12.1 Å². The summed E-state index contributed by atoms with van der Waals surface area (Å²) >= 11 is 3.57. The summed E-state index contributed by atoms with van der Waals surface area (Å²) in [6, 6.07) is 16.2. The highest BCUT2D eigenvalue weighted by Gasteiger charge is 2.55. The maximum absolute atomic E-state index is 13.2. The second kappa shape index (κ2) is 5.64. The molecular formula is C23H16BrNO2. The third-order valence-corrected chi connectivity index (χ3v) is 6.36. The molecule has 0 radical (unpaired) electrons. The van der Waals surface area contributed by atoms with Crippen molar-refractivity contribution in [3.8, 4) is 0 Å². The third-order valence-electron chi connectivity index (χ3n) is 5.62. The molecule has 0 N–H and O–H groups in total. The number of aryl methyl sites for hydroxylation is 1. The minimum absolute atomic E-state index is 0.0500. The molecule has 2 aromatic rings. The number of hydrogen-bond acceptors (Lipinski definition) is 2. The lowest BCUT2D eigenvalue weighted by atomic mass is 9.70. The molecule has 0 aromatic heterocycles. The predicted octanol–water partition coefficient (Wildman–Crippen LogP) is 4.42. The van der Waals surface area contributed by atoms with Gasteiger partial charge in [0.15, 0.2) is 5.78 Å². The number of hydrogen-bond donors (Lipinski definition) is 0. The number of halogens is 1. The normalized spacial score (nSPS) is 23.2. The minimum atomic E-state index is -0.757. The van der Waals surface area contributed by atoms with E-state index in [1.165, 1.54) is 0 Å². The fraction of sp³-hybridized carbons (Fsp3) is 0.130. The molecular weight excluding hydrogens is 402 g/mol. The van der Waals surface area contributed by atoms with Crippen LogP contribution in [0.2, 0.25) is 0 Å². The summed E-state index contributed by atoms with van der Waals surface area (Å²) in [5, 5.41) is 0. The molecule has 1 spiro atoms. The number of allylic oxidation sites excluding steroid dienone is 2. The fourth-order valence-electron chi connectivity index (χ4n) is 4.37. The fourth-order valence-corrected chi connectivity index (χ4v) is 5.12. The highest BCUT2D eigenvalue weighted by molar-refractivity contribution is 9.12. The highest BCUT2D eigenvalue weighted by Crippen LogP contribution is 2.56. The lowest BCUT2D eigenvalue weighted by molar-refractivity contribution is -0.127. The first-order valence-corrected chi connectivity index (χ1v) is 9.64. The molecule has 0 bridgehead atoms. The van der Waals surface area contributed by atoms with Crippen molar-refractivity contribution in [2.24, 2.45) is 0 Å². The van der Waals surface area contributed by atoms with Crippen LogP contribution in [0.3, 0.4) is 0 Å². The van der Waals surface area contributed by atoms with Crippen LogP contribution >= 0.6 is 15.9 Å². The van der Waals surface area contributed by atoms with Crippen molar-refractivity contribution in [3.05, 3.63) is 93.5 Å². The first-order valence-electron chi connectivity index (χ1n) is 8.85. The van der Waals surface area contributed by atoms with E-state index in [4.69, 9.17) is 0 Å². The monoisotopic (exact) mass is 417 g/mol. The van der Waals surface area contributed by atoms with Gasteiger partial charge in [0.05, 0.1) is 4.48 Å². The van der Waals surface area contributed by atoms with Gasteiger partial charge in [0.2, 0.25) is 0 Å². The molecule has 1 atom stereocenters. The van der Waals surface area contributed by atoms with Crippen molar-refractivity contribution in [2.75, 3.05) is 0 Å². The first-order chi connectivity index (χ1) is 13.0. The van der Waals surface area contributed by atoms with Gasteiger partial charge in [-0.3, -0.25) is 9.59 Å². The smallest absolute Gasteiger partial charge is 0.262 e. The molecule has 3 nitrogen and oxygen atoms in total. The van der Waals surface area contributed by atoms with Crippen LogP contribution in [0, 0.1) is 6.92 Å². The molecule has 3 aliphatic rings. The molecule has 0 saturated carbocycles. The Labute approximate surface area is 165 Å². The van der Waals surface area contributed by atoms with E-state index >= 15 is 0 Å². The lowest BCUT2D eigenvalue weighted by Gasteiger charge is -2.46. The molecule has 132 valence electrons. The van der Waals surface area contributed by atoms with E-state index < -0.39 is 5.54 Å². The van der Waals surface area contributed by atoms with Crippen molar-refractivity contribution in [1.82, 2.24) is 4.90 Å². The van der Waals surface area contributed by atoms with Gasteiger partial charge in [-0.2, -0.15) is 0 Å². The molecule has 0 fully saturated rings. The van der Waals surface area contributed by atoms with Gasteiger partial charge in [-0.05, 0) is 63.3 Å². The summed E-state index contributed by atoms with van der Waals surface area (Å²) in [5.41, 5.74) is 5.24. The Morgan fingerprint density at radius 3 is 2.56 bits per heavy atom. The number of carbonyl (C=O) groups is 2. The van der Waals surface area contributed by atoms with Crippen LogP contribution in [0.1, 0.15) is 22.3 Å². The predicted molar refractivity (Wildman–Crippen MR) is 109 cm³/mol. The second-order valence-electron chi connectivity index (χ2n) is 7.16. The Morgan fingerprint density at radius 1 is 1.04 bits per heavy atom. The zero-order valence-electron chi connectivity index (χ0n) is 14.7. The Bertz CT molecular complexity index is 1110. The van der Waals surface area contributed by atoms with Crippen LogP contribution in [0.4, 0.5) is 0 Å². The van der Waals surface area contributed by atoms with E-state index in [1.807, 2.05) is 66.4 Å². The Morgan fingerprint density at radius 2 is 1.78 bits per heavy atom. The molecule has 5 rings (SSSR count). The molecule has 1 amide bonds. The third kappa shape index (κ3) is 2.13. The number of nitrogens with zero attached hydrogens (tertiary/aromatic N) is 1. The SMILES string of the molecule is Cc1ccc(C2=C(Br)C(=O)N3Cc4ccccc4C4=CC(=O)C=CC423)cc1. The standard InChI is InChI=1S/C23H16BrNO2/c1-14-6-8-15(9-7-14)20-21(24)22(27)25-13-16-4-2-3-5-18(16)19-12-17(26)10-11-23(19,20)25/h2-12H,13H2,1H3. The summed E-state index contributed by atoms with van der Waals surface area (Å²) in [6.45, 7) is 2.55. The zero-order chi connectivity index (χ0) is 18.8. The van der Waals surface area contributed by atoms with Crippen LogP contribution in [0.25, 0.3) is 11.1 Å². The number of rotatable bonds is 1. The van der Waals surface area contributed by atoms with E-state index in [1.54, 1.807) is 12.2 Å². The van der Waals surface area contributed by atoms with E-state index in [-0.39, 0.29) is 11.7 Å². The molecule has 1 unspecified atom stereocenters. The van der Waals surface area contributed by atoms with E-state index in [9.17, 15) is 9.59 Å². The van der Waals surface area contributed by atoms with Gasteiger partial charge in [-0.1, -0.05) is 54.1 Å². The number of amides is 1. The Hall–Kier alpha value is -2.72. The summed E-state index contributed by atoms with van der Waals surface area (Å²) in [6.07, 6.45) is 5.15. The van der Waals surface area contributed by atoms with Crippen LogP contribution in [-0.2, 0) is 16.1 Å². The van der Waals surface area contributed by atoms with Crippen LogP contribution < -0.4 is 0 Å². The summed E-state index contributed by atoms with van der Waals surface area (Å²) < 4.78 is 0.559. The van der Waals surface area contributed by atoms with Gasteiger partial charge < -0.3 is 4.90 Å². The molecule has 0 saturated heterocycles. The van der Waals surface area contributed by atoms with Crippen LogP contribution in [0.15, 0.2) is 71.2 Å². The number of carbonyl (C=O) groups excluding carboxylic acids is 2. The van der Waals surface area contributed by atoms with Crippen molar-refractivity contribution in [2.45, 2.75) is 19.0 Å². The van der Waals surface area contributed by atoms with Gasteiger partial charge in [0.25, 0.3) is 5.91 Å². The molecule has 2 aliphatic heterocycles. The summed E-state index contributed by atoms with van der Waals surface area (Å²) in [5.74, 6) is -0.101.